The van der Waals surface area contributed by atoms with Crippen LogP contribution in [0, 0.1) is 5.92 Å². The number of benzene rings is 1. The Morgan fingerprint density at radius 2 is 1.95 bits per heavy atom. The Balaban J connectivity index is 1.33. The molecule has 0 saturated heterocycles. The Bertz CT molecular complexity index is 1680. The lowest BCUT2D eigenvalue weighted by molar-refractivity contribution is 0.185. The first-order valence-electron chi connectivity index (χ1n) is 14.5. The Kier molecular flexibility index (Phi) is 5.63. The third-order valence-corrected chi connectivity index (χ3v) is 9.62. The van der Waals surface area contributed by atoms with Crippen molar-refractivity contribution in [3.05, 3.63) is 75.9 Å². The summed E-state index contributed by atoms with van der Waals surface area (Å²) in [4.78, 5) is 18.8. The van der Waals surface area contributed by atoms with Crippen molar-refractivity contribution in [1.29, 1.82) is 0 Å². The van der Waals surface area contributed by atoms with Gasteiger partial charge >= 0.3 is 0 Å². The summed E-state index contributed by atoms with van der Waals surface area (Å²) < 4.78 is 23.6. The van der Waals surface area contributed by atoms with Gasteiger partial charge in [-0.3, -0.25) is 4.79 Å². The molecule has 3 heterocycles. The van der Waals surface area contributed by atoms with Gasteiger partial charge in [0.15, 0.2) is 11.3 Å². The highest BCUT2D eigenvalue weighted by Gasteiger charge is 2.50. The van der Waals surface area contributed by atoms with Crippen LogP contribution in [0.15, 0.2) is 52.1 Å². The van der Waals surface area contributed by atoms with Crippen molar-refractivity contribution in [1.82, 2.24) is 25.1 Å². The highest BCUT2D eigenvalue weighted by Crippen LogP contribution is 2.52. The summed E-state index contributed by atoms with van der Waals surface area (Å²) in [5.74, 6) is 1.51. The fraction of sp³-hybridized carbons (Fsp3) is 0.500. The molecule has 4 aromatic rings. The van der Waals surface area contributed by atoms with Gasteiger partial charge in [0.2, 0.25) is 5.43 Å². The minimum Gasteiger partial charge on any atom is -0.461 e. The number of fused-ring (bicyclic) bond motifs is 1. The van der Waals surface area contributed by atoms with E-state index >= 15 is 4.39 Å². The predicted octanol–water partition coefficient (Wildman–Crippen LogP) is 6.25. The van der Waals surface area contributed by atoms with E-state index in [1.807, 2.05) is 30.7 Å². The molecule has 40 heavy (non-hydrogen) atoms. The third kappa shape index (κ3) is 3.94. The molecule has 3 aliphatic carbocycles. The van der Waals surface area contributed by atoms with Crippen LogP contribution in [0.3, 0.4) is 0 Å². The zero-order chi connectivity index (χ0) is 27.9. The predicted molar refractivity (Wildman–Crippen MR) is 152 cm³/mol. The van der Waals surface area contributed by atoms with E-state index in [1.165, 1.54) is 12.7 Å². The fourth-order valence-corrected chi connectivity index (χ4v) is 7.05. The molecule has 1 atom stereocenters. The molecule has 3 aliphatic rings. The largest absolute Gasteiger partial charge is 0.461 e. The maximum absolute atomic E-state index is 15.5. The molecule has 8 heteroatoms. The number of aryl methyl sites for hydroxylation is 1. The summed E-state index contributed by atoms with van der Waals surface area (Å²) in [7, 11) is 1.98. The van der Waals surface area contributed by atoms with Crippen LogP contribution in [-0.2, 0) is 18.1 Å². The van der Waals surface area contributed by atoms with Crippen molar-refractivity contribution in [2.75, 3.05) is 0 Å². The van der Waals surface area contributed by atoms with Crippen LogP contribution < -0.4 is 10.7 Å². The Labute approximate surface area is 233 Å². The third-order valence-electron chi connectivity index (χ3n) is 9.62. The van der Waals surface area contributed by atoms with Gasteiger partial charge in [0.05, 0.1) is 22.1 Å². The molecule has 0 radical (unpaired) electrons. The van der Waals surface area contributed by atoms with Gasteiger partial charge < -0.3 is 14.3 Å². The lowest BCUT2D eigenvalue weighted by Crippen LogP contribution is -2.49. The van der Waals surface area contributed by atoms with Crippen LogP contribution in [0.2, 0.25) is 0 Å². The van der Waals surface area contributed by atoms with Crippen molar-refractivity contribution in [2.24, 2.45) is 13.0 Å². The molecule has 0 aliphatic heterocycles. The number of nitrogens with one attached hydrogen (secondary N) is 1. The van der Waals surface area contributed by atoms with Crippen LogP contribution >= 0.6 is 0 Å². The molecule has 3 aromatic heterocycles. The molecule has 7 nitrogen and oxygen atoms in total. The number of alkyl halides is 1. The van der Waals surface area contributed by atoms with Crippen molar-refractivity contribution in [2.45, 2.75) is 88.4 Å². The van der Waals surface area contributed by atoms with Gasteiger partial charge in [0, 0.05) is 18.6 Å². The number of aromatic nitrogens is 4. The zero-order valence-corrected chi connectivity index (χ0v) is 23.6. The standard InChI is InChI=1S/C32H36FN5O2/c1-19-15-31(16-19,29-37-34-18-38(29)4)22-8-5-7-21(13-22)24-17-40-27-23(26(24)39)14-25(35-28(27)32(33)11-12-32)20(2)36-30(3)9-6-10-30/h5,7-8,13-14,17-20,36H,6,9-12,15-16H2,1-4H3/t19-,20?,31+. The normalized spacial score (nSPS) is 25.3. The molecule has 3 fully saturated rings. The average molecular weight is 542 g/mol. The zero-order valence-electron chi connectivity index (χ0n) is 23.6. The smallest absolute Gasteiger partial charge is 0.200 e. The summed E-state index contributed by atoms with van der Waals surface area (Å²) in [5, 5.41) is 12.7. The summed E-state index contributed by atoms with van der Waals surface area (Å²) in [6.45, 7) is 6.50. The first-order valence-corrected chi connectivity index (χ1v) is 14.5. The summed E-state index contributed by atoms with van der Waals surface area (Å²) >= 11 is 0. The van der Waals surface area contributed by atoms with E-state index in [4.69, 9.17) is 9.40 Å². The number of nitrogens with zero attached hydrogens (tertiary/aromatic N) is 4. The lowest BCUT2D eigenvalue weighted by atomic mass is 9.58. The van der Waals surface area contributed by atoms with Crippen molar-refractivity contribution < 1.29 is 8.81 Å². The quantitative estimate of drug-likeness (QED) is 0.298. The van der Waals surface area contributed by atoms with Crippen LogP contribution in [0.25, 0.3) is 22.1 Å². The van der Waals surface area contributed by atoms with Crippen LogP contribution in [0.4, 0.5) is 4.39 Å². The molecule has 0 spiro atoms. The van der Waals surface area contributed by atoms with E-state index < -0.39 is 5.67 Å². The van der Waals surface area contributed by atoms with Gasteiger partial charge in [0.25, 0.3) is 0 Å². The van der Waals surface area contributed by atoms with Gasteiger partial charge in [-0.25, -0.2) is 9.37 Å². The summed E-state index contributed by atoms with van der Waals surface area (Å²) in [6.07, 6.45) is 9.35. The lowest BCUT2D eigenvalue weighted by Gasteiger charge is -2.46. The van der Waals surface area contributed by atoms with E-state index in [-0.39, 0.29) is 33.7 Å². The first kappa shape index (κ1) is 25.6. The topological polar surface area (TPSA) is 85.8 Å². The molecular weight excluding hydrogens is 505 g/mol. The summed E-state index contributed by atoms with van der Waals surface area (Å²) in [5.41, 5.74) is 1.68. The number of rotatable bonds is 7. The van der Waals surface area contributed by atoms with Gasteiger partial charge in [-0.2, -0.15) is 0 Å². The molecular formula is C32H36FN5O2. The Hall–Kier alpha value is -3.39. The minimum atomic E-state index is -1.53. The number of halogens is 1. The van der Waals surface area contributed by atoms with E-state index in [0.717, 1.165) is 42.6 Å². The maximum Gasteiger partial charge on any atom is 0.200 e. The van der Waals surface area contributed by atoms with E-state index in [1.54, 1.807) is 12.4 Å². The van der Waals surface area contributed by atoms with Crippen LogP contribution in [0.1, 0.15) is 94.5 Å². The maximum atomic E-state index is 15.5. The molecule has 0 amide bonds. The molecule has 1 aromatic carbocycles. The fourth-order valence-electron chi connectivity index (χ4n) is 7.05. The van der Waals surface area contributed by atoms with Gasteiger partial charge in [0.1, 0.15) is 24.1 Å². The molecule has 1 unspecified atom stereocenters. The van der Waals surface area contributed by atoms with E-state index in [2.05, 4.69) is 41.5 Å². The molecule has 7 rings (SSSR count). The van der Waals surface area contributed by atoms with Gasteiger partial charge in [-0.15, -0.1) is 10.2 Å². The van der Waals surface area contributed by atoms with E-state index in [9.17, 15) is 4.79 Å². The summed E-state index contributed by atoms with van der Waals surface area (Å²) in [6, 6.07) is 9.82. The second kappa shape index (κ2) is 8.80. The molecule has 208 valence electrons. The van der Waals surface area contributed by atoms with Crippen molar-refractivity contribution in [3.63, 3.8) is 0 Å². The molecule has 3 saturated carbocycles. The van der Waals surface area contributed by atoms with Crippen LogP contribution in [0.5, 0.6) is 0 Å². The van der Waals surface area contributed by atoms with Crippen LogP contribution in [-0.4, -0.2) is 25.3 Å². The second-order valence-electron chi connectivity index (χ2n) is 12.9. The SMILES string of the molecule is CC(NC1(C)CCC1)c1cc2c(=O)c(-c3cccc([C@]4(c5nncn5C)C[C@@H](C)C4)c3)coc2c(C2(F)CC2)n1. The van der Waals surface area contributed by atoms with Crippen molar-refractivity contribution >= 4 is 11.0 Å². The highest BCUT2D eigenvalue weighted by molar-refractivity contribution is 5.84. The van der Waals surface area contributed by atoms with E-state index in [0.29, 0.717) is 35.4 Å². The number of hydrogen-bond acceptors (Lipinski definition) is 6. The Morgan fingerprint density at radius 3 is 2.58 bits per heavy atom. The first-order chi connectivity index (χ1) is 19.1. The minimum absolute atomic E-state index is 0.0495. The van der Waals surface area contributed by atoms with Gasteiger partial charge in [-0.1, -0.05) is 25.1 Å². The Morgan fingerprint density at radius 1 is 1.18 bits per heavy atom. The number of hydrogen-bond donors (Lipinski definition) is 1. The second-order valence-corrected chi connectivity index (χ2v) is 12.9. The number of pyridine rings is 1. The monoisotopic (exact) mass is 541 g/mol. The van der Waals surface area contributed by atoms with Gasteiger partial charge in [-0.05, 0) is 88.0 Å². The average Bonchev–Trinajstić information content (AvgIpc) is 3.51. The molecule has 1 N–H and O–H groups in total. The molecule has 0 bridgehead atoms. The van der Waals surface area contributed by atoms with Crippen molar-refractivity contribution in [3.8, 4) is 11.1 Å². The highest BCUT2D eigenvalue weighted by atomic mass is 19.1.